The van der Waals surface area contributed by atoms with Crippen LogP contribution in [0.2, 0.25) is 5.02 Å². The number of halogens is 4. The molecule has 0 amide bonds. The Morgan fingerprint density at radius 3 is 2.73 bits per heavy atom. The molecule has 3 nitrogen and oxygen atoms in total. The Morgan fingerprint density at radius 2 is 2.27 bits per heavy atom. The number of alkyl halides is 2. The molecule has 15 heavy (non-hydrogen) atoms. The normalized spacial score (nSPS) is 10.7. The number of aromatic nitrogens is 1. The van der Waals surface area contributed by atoms with Gasteiger partial charge in [0.25, 0.3) is 6.43 Å². The van der Waals surface area contributed by atoms with Gasteiger partial charge in [0.2, 0.25) is 0 Å². The summed E-state index contributed by atoms with van der Waals surface area (Å²) < 4.78 is 25.2. The highest BCUT2D eigenvalue weighted by Crippen LogP contribution is 2.27. The standard InChI is InChI=1S/C8H5ClF2INO2/c9-3-1-4(12)5(2-6(14)15)13-7(3)8(10)11/h1,8H,2H2,(H,14,15). The lowest BCUT2D eigenvalue weighted by Crippen LogP contribution is -2.07. The van der Waals surface area contributed by atoms with E-state index in [4.69, 9.17) is 16.7 Å². The molecule has 0 aliphatic carbocycles. The van der Waals surface area contributed by atoms with Gasteiger partial charge in [-0.3, -0.25) is 4.79 Å². The molecule has 1 N–H and O–H groups in total. The average molecular weight is 347 g/mol. The van der Waals surface area contributed by atoms with Gasteiger partial charge in [-0.25, -0.2) is 13.8 Å². The third-order valence-electron chi connectivity index (χ3n) is 1.55. The highest BCUT2D eigenvalue weighted by molar-refractivity contribution is 14.1. The summed E-state index contributed by atoms with van der Waals surface area (Å²) in [6, 6.07) is 1.29. The Kier molecular flexibility index (Phi) is 4.21. The molecule has 1 aromatic heterocycles. The van der Waals surface area contributed by atoms with Crippen LogP contribution in [0.5, 0.6) is 0 Å². The molecule has 0 aromatic carbocycles. The van der Waals surface area contributed by atoms with Crippen LogP contribution in [0, 0.1) is 3.57 Å². The fourth-order valence-electron chi connectivity index (χ4n) is 0.941. The lowest BCUT2D eigenvalue weighted by Gasteiger charge is -2.06. The van der Waals surface area contributed by atoms with E-state index in [9.17, 15) is 13.6 Å². The largest absolute Gasteiger partial charge is 0.481 e. The molecule has 0 fully saturated rings. The van der Waals surface area contributed by atoms with Gasteiger partial charge in [0, 0.05) is 3.57 Å². The minimum atomic E-state index is -2.80. The number of aliphatic carboxylic acids is 1. The minimum absolute atomic E-state index is 0.0998. The first-order valence-corrected chi connectivity index (χ1v) is 5.22. The van der Waals surface area contributed by atoms with Crippen LogP contribution in [0.1, 0.15) is 17.8 Å². The number of hydrogen-bond donors (Lipinski definition) is 1. The summed E-state index contributed by atoms with van der Waals surface area (Å²) in [6.45, 7) is 0. The van der Waals surface area contributed by atoms with E-state index in [1.165, 1.54) is 6.07 Å². The predicted octanol–water partition coefficient (Wildman–Crippen LogP) is 2.90. The molecule has 1 rings (SSSR count). The number of carboxylic acids is 1. The molecule has 0 bridgehead atoms. The predicted molar refractivity (Wildman–Crippen MR) is 58.3 cm³/mol. The van der Waals surface area contributed by atoms with Crippen LogP contribution in [-0.2, 0) is 11.2 Å². The molecule has 82 valence electrons. The molecule has 1 heterocycles. The number of rotatable bonds is 3. The SMILES string of the molecule is O=C(O)Cc1nc(C(F)F)c(Cl)cc1I. The highest BCUT2D eigenvalue weighted by Gasteiger charge is 2.18. The Hall–Kier alpha value is -0.500. The summed E-state index contributed by atoms with van der Waals surface area (Å²) in [6.07, 6.45) is -3.20. The summed E-state index contributed by atoms with van der Waals surface area (Å²) in [7, 11) is 0. The van der Waals surface area contributed by atoms with Gasteiger partial charge in [-0.15, -0.1) is 0 Å². The van der Waals surface area contributed by atoms with E-state index in [1.807, 2.05) is 0 Å². The van der Waals surface area contributed by atoms with Crippen molar-refractivity contribution >= 4 is 40.2 Å². The van der Waals surface area contributed by atoms with Gasteiger partial charge in [0.05, 0.1) is 17.1 Å². The van der Waals surface area contributed by atoms with Crippen LogP contribution >= 0.6 is 34.2 Å². The number of carbonyl (C=O) groups is 1. The number of nitrogens with zero attached hydrogens (tertiary/aromatic N) is 1. The number of carboxylic acid groups (broad SMARTS) is 1. The second-order valence-electron chi connectivity index (χ2n) is 2.66. The van der Waals surface area contributed by atoms with E-state index in [1.54, 1.807) is 22.6 Å². The van der Waals surface area contributed by atoms with Gasteiger partial charge in [-0.05, 0) is 28.7 Å². The molecule has 0 aliphatic heterocycles. The summed E-state index contributed by atoms with van der Waals surface area (Å²) in [5.74, 6) is -1.12. The Labute approximate surface area is 103 Å². The first-order chi connectivity index (χ1) is 6.91. The fourth-order valence-corrected chi connectivity index (χ4v) is 1.98. The molecule has 0 saturated heterocycles. The summed E-state index contributed by atoms with van der Waals surface area (Å²) in [5.41, 5.74) is -0.476. The molecule has 1 aromatic rings. The van der Waals surface area contributed by atoms with E-state index in [-0.39, 0.29) is 10.7 Å². The van der Waals surface area contributed by atoms with E-state index >= 15 is 0 Å². The molecule has 0 radical (unpaired) electrons. The van der Waals surface area contributed by atoms with Gasteiger partial charge in [0.15, 0.2) is 0 Å². The van der Waals surface area contributed by atoms with Gasteiger partial charge >= 0.3 is 5.97 Å². The topological polar surface area (TPSA) is 50.2 Å². The van der Waals surface area contributed by atoms with Crippen LogP contribution < -0.4 is 0 Å². The molecule has 0 unspecified atom stereocenters. The zero-order chi connectivity index (χ0) is 11.6. The van der Waals surface area contributed by atoms with Crippen molar-refractivity contribution in [3.8, 4) is 0 Å². The summed E-state index contributed by atoms with van der Waals surface area (Å²) >= 11 is 7.34. The molecule has 7 heteroatoms. The maximum atomic E-state index is 12.4. The van der Waals surface area contributed by atoms with Crippen molar-refractivity contribution < 1.29 is 18.7 Å². The number of pyridine rings is 1. The monoisotopic (exact) mass is 347 g/mol. The lowest BCUT2D eigenvalue weighted by molar-refractivity contribution is -0.136. The lowest BCUT2D eigenvalue weighted by atomic mass is 10.2. The van der Waals surface area contributed by atoms with E-state index in [0.717, 1.165) is 0 Å². The molecule has 0 aliphatic rings. The van der Waals surface area contributed by atoms with Gasteiger partial charge < -0.3 is 5.11 Å². The van der Waals surface area contributed by atoms with E-state index < -0.39 is 24.5 Å². The number of hydrogen-bond acceptors (Lipinski definition) is 2. The second kappa shape index (κ2) is 5.02. The zero-order valence-electron chi connectivity index (χ0n) is 7.18. The highest BCUT2D eigenvalue weighted by atomic mass is 127. The van der Waals surface area contributed by atoms with Crippen molar-refractivity contribution in [2.45, 2.75) is 12.8 Å². The van der Waals surface area contributed by atoms with Crippen LogP contribution in [0.4, 0.5) is 8.78 Å². The second-order valence-corrected chi connectivity index (χ2v) is 4.22. The van der Waals surface area contributed by atoms with Crippen molar-refractivity contribution in [1.29, 1.82) is 0 Å². The fraction of sp³-hybridized carbons (Fsp3) is 0.250. The average Bonchev–Trinajstić information content (AvgIpc) is 2.08. The molecular weight excluding hydrogens is 342 g/mol. The Bertz CT molecular complexity index is 400. The molecular formula is C8H5ClF2INO2. The minimum Gasteiger partial charge on any atom is -0.481 e. The van der Waals surface area contributed by atoms with E-state index in [2.05, 4.69) is 4.98 Å². The summed E-state index contributed by atoms with van der Waals surface area (Å²) in [5, 5.41) is 8.38. The van der Waals surface area contributed by atoms with Crippen LogP contribution in [-0.4, -0.2) is 16.1 Å². The first kappa shape index (κ1) is 12.6. The van der Waals surface area contributed by atoms with Gasteiger partial charge in [-0.2, -0.15) is 0 Å². The quantitative estimate of drug-likeness (QED) is 0.856. The Morgan fingerprint density at radius 1 is 1.67 bits per heavy atom. The maximum absolute atomic E-state index is 12.4. The van der Waals surface area contributed by atoms with Crippen LogP contribution in [0.25, 0.3) is 0 Å². The first-order valence-electron chi connectivity index (χ1n) is 3.76. The van der Waals surface area contributed by atoms with Crippen molar-refractivity contribution in [1.82, 2.24) is 4.98 Å². The van der Waals surface area contributed by atoms with Gasteiger partial charge in [-0.1, -0.05) is 11.6 Å². The van der Waals surface area contributed by atoms with Gasteiger partial charge in [0.1, 0.15) is 5.69 Å². The molecule has 0 atom stereocenters. The Balaban J connectivity index is 3.17. The summed E-state index contributed by atoms with van der Waals surface area (Å²) in [4.78, 5) is 14.0. The van der Waals surface area contributed by atoms with Crippen LogP contribution in [0.3, 0.4) is 0 Å². The van der Waals surface area contributed by atoms with E-state index in [0.29, 0.717) is 3.57 Å². The maximum Gasteiger partial charge on any atom is 0.309 e. The zero-order valence-corrected chi connectivity index (χ0v) is 10.1. The smallest absolute Gasteiger partial charge is 0.309 e. The molecule has 0 saturated carbocycles. The van der Waals surface area contributed by atoms with Crippen LogP contribution in [0.15, 0.2) is 6.07 Å². The van der Waals surface area contributed by atoms with Crippen molar-refractivity contribution in [2.24, 2.45) is 0 Å². The van der Waals surface area contributed by atoms with Crippen molar-refractivity contribution in [3.05, 3.63) is 26.0 Å². The third-order valence-corrected chi connectivity index (χ3v) is 2.79. The van der Waals surface area contributed by atoms with Crippen molar-refractivity contribution in [3.63, 3.8) is 0 Å². The van der Waals surface area contributed by atoms with Crippen molar-refractivity contribution in [2.75, 3.05) is 0 Å². The molecule has 0 spiro atoms. The third kappa shape index (κ3) is 3.23.